The lowest BCUT2D eigenvalue weighted by atomic mass is 9.98. The maximum atomic E-state index is 13.8. The van der Waals surface area contributed by atoms with Crippen LogP contribution in [0.4, 0.5) is 32.0 Å². The van der Waals surface area contributed by atoms with E-state index in [4.69, 9.17) is 4.74 Å². The summed E-state index contributed by atoms with van der Waals surface area (Å²) in [4.78, 5) is 32.8. The van der Waals surface area contributed by atoms with E-state index in [1.54, 1.807) is 18.7 Å². The maximum absolute atomic E-state index is 13.8. The molecule has 0 aliphatic carbocycles. The largest absolute Gasteiger partial charge is 0.486 e. The van der Waals surface area contributed by atoms with E-state index in [-0.39, 0.29) is 36.1 Å². The third kappa shape index (κ3) is 10.1. The predicted molar refractivity (Wildman–Crippen MR) is 190 cm³/mol. The molecule has 0 saturated carbocycles. The minimum absolute atomic E-state index is 0.0340. The Morgan fingerprint density at radius 2 is 1.64 bits per heavy atom. The van der Waals surface area contributed by atoms with Gasteiger partial charge in [0.15, 0.2) is 5.75 Å². The van der Waals surface area contributed by atoms with Gasteiger partial charge in [0.1, 0.15) is 6.10 Å². The number of ether oxygens (including phenoxy) is 1. The first-order valence-corrected chi connectivity index (χ1v) is 17.6. The van der Waals surface area contributed by atoms with Gasteiger partial charge >= 0.3 is 12.4 Å². The van der Waals surface area contributed by atoms with Crippen LogP contribution >= 0.6 is 11.8 Å². The van der Waals surface area contributed by atoms with Gasteiger partial charge in [-0.15, -0.1) is 0 Å². The van der Waals surface area contributed by atoms with Gasteiger partial charge in [0.25, 0.3) is 5.91 Å². The van der Waals surface area contributed by atoms with Crippen molar-refractivity contribution in [2.45, 2.75) is 61.1 Å². The highest BCUT2D eigenvalue weighted by Gasteiger charge is 2.38. The summed E-state index contributed by atoms with van der Waals surface area (Å²) in [6, 6.07) is 22.8. The molecule has 14 heteroatoms. The fourth-order valence-corrected chi connectivity index (χ4v) is 6.93. The number of amides is 2. The first-order valence-electron chi connectivity index (χ1n) is 16.8. The number of hydrogen-bond donors (Lipinski definition) is 2. The fraction of sp³-hybridized carbons (Fsp3) is 0.333. The van der Waals surface area contributed by atoms with Crippen molar-refractivity contribution in [1.29, 1.82) is 0 Å². The summed E-state index contributed by atoms with van der Waals surface area (Å²) in [7, 11) is 1.91. The van der Waals surface area contributed by atoms with Gasteiger partial charge < -0.3 is 20.1 Å². The van der Waals surface area contributed by atoms with Crippen molar-refractivity contribution in [3.8, 4) is 5.75 Å². The van der Waals surface area contributed by atoms with Gasteiger partial charge in [-0.1, -0.05) is 55.1 Å². The number of carbonyl (C=O) groups excluding carboxylic acids is 2. The van der Waals surface area contributed by atoms with Crippen LogP contribution in [0.5, 0.6) is 5.75 Å². The second-order valence-electron chi connectivity index (χ2n) is 13.2. The summed E-state index contributed by atoms with van der Waals surface area (Å²) in [6.07, 6.45) is -11.6. The summed E-state index contributed by atoms with van der Waals surface area (Å²) in [5.74, 6) is -1.87. The van der Waals surface area contributed by atoms with Crippen molar-refractivity contribution in [3.05, 3.63) is 119 Å². The highest BCUT2D eigenvalue weighted by molar-refractivity contribution is 7.99. The van der Waals surface area contributed by atoms with Crippen molar-refractivity contribution in [3.63, 3.8) is 0 Å². The first-order chi connectivity index (χ1) is 25.0. The summed E-state index contributed by atoms with van der Waals surface area (Å²) in [5, 5.41) is 12.5. The van der Waals surface area contributed by atoms with Gasteiger partial charge in [-0.25, -0.2) is 0 Å². The molecule has 4 aromatic rings. The Labute approximate surface area is 307 Å². The molecule has 1 heterocycles. The highest BCUT2D eigenvalue weighted by Crippen LogP contribution is 2.38. The third-order valence-corrected chi connectivity index (χ3v) is 9.92. The van der Waals surface area contributed by atoms with Crippen LogP contribution in [-0.2, 0) is 30.1 Å². The van der Waals surface area contributed by atoms with E-state index in [0.29, 0.717) is 31.3 Å². The number of hydrogen-bond acceptors (Lipinski definition) is 6. The zero-order valence-corrected chi connectivity index (χ0v) is 30.0. The second-order valence-corrected chi connectivity index (χ2v) is 14.3. The van der Waals surface area contributed by atoms with Crippen LogP contribution in [0.3, 0.4) is 0 Å². The van der Waals surface area contributed by atoms with Crippen molar-refractivity contribution in [2.75, 3.05) is 32.1 Å². The summed E-state index contributed by atoms with van der Waals surface area (Å²) < 4.78 is 88.0. The quantitative estimate of drug-likeness (QED) is 0.150. The lowest BCUT2D eigenvalue weighted by Crippen LogP contribution is -2.49. The number of aliphatic hydroxyl groups excluding tert-OH is 1. The lowest BCUT2D eigenvalue weighted by Gasteiger charge is -2.38. The lowest BCUT2D eigenvalue weighted by molar-refractivity contribution is -0.142. The van der Waals surface area contributed by atoms with E-state index in [0.717, 1.165) is 15.4 Å². The standard InChI is InChI=1S/C39H39F6N3O4S/c1-24-20-48(25(2)23-49)37(51)31-10-7-11-33(46-35(50)19-27-18-28(38(40,41)42)14-17-32(27)39(43,44)45)36(31)52-34(24)22-47(3)21-26-12-15-30(16-13-26)53-29-8-5-4-6-9-29/h4-18,24-25,34,49H,19-23H2,1-3H3,(H,46,50)/t24-,25+,34-/m1/s1. The number of fused-ring (bicyclic) bond motifs is 1. The Kier molecular flexibility index (Phi) is 12.5. The zero-order chi connectivity index (χ0) is 38.5. The van der Waals surface area contributed by atoms with E-state index in [1.165, 1.54) is 23.1 Å². The molecule has 0 radical (unpaired) electrons. The van der Waals surface area contributed by atoms with E-state index >= 15 is 0 Å². The second kappa shape index (κ2) is 16.6. The van der Waals surface area contributed by atoms with Crippen LogP contribution in [0.1, 0.15) is 46.5 Å². The number of carbonyl (C=O) groups is 2. The van der Waals surface area contributed by atoms with Crippen LogP contribution < -0.4 is 10.1 Å². The van der Waals surface area contributed by atoms with E-state index < -0.39 is 59.4 Å². The average Bonchev–Trinajstić information content (AvgIpc) is 3.10. The average molecular weight is 760 g/mol. The van der Waals surface area contributed by atoms with Gasteiger partial charge in [-0.2, -0.15) is 26.3 Å². The van der Waals surface area contributed by atoms with Gasteiger partial charge in [0, 0.05) is 35.3 Å². The van der Waals surface area contributed by atoms with E-state index in [2.05, 4.69) is 5.32 Å². The molecule has 0 unspecified atom stereocenters. The number of nitrogens with one attached hydrogen (secondary N) is 1. The van der Waals surface area contributed by atoms with Gasteiger partial charge in [-0.3, -0.25) is 14.5 Å². The number of nitrogens with zero attached hydrogens (tertiary/aromatic N) is 2. The number of benzene rings is 4. The molecule has 1 aliphatic heterocycles. The molecule has 0 spiro atoms. The van der Waals surface area contributed by atoms with Crippen LogP contribution in [0.2, 0.25) is 0 Å². The molecule has 282 valence electrons. The number of anilines is 1. The number of para-hydroxylation sites is 1. The van der Waals surface area contributed by atoms with Crippen LogP contribution in [0.15, 0.2) is 101 Å². The minimum atomic E-state index is -5.01. The fourth-order valence-electron chi connectivity index (χ4n) is 6.09. The molecule has 2 N–H and O–H groups in total. The van der Waals surface area contributed by atoms with E-state index in [1.807, 2.05) is 73.5 Å². The molecular weight excluding hydrogens is 721 g/mol. The maximum Gasteiger partial charge on any atom is 0.416 e. The summed E-state index contributed by atoms with van der Waals surface area (Å²) in [6.45, 7) is 4.38. The smallest absolute Gasteiger partial charge is 0.416 e. The number of halogens is 6. The van der Waals surface area contributed by atoms with Crippen LogP contribution in [0.25, 0.3) is 0 Å². The molecule has 0 aromatic heterocycles. The molecule has 2 amide bonds. The Morgan fingerprint density at radius 3 is 2.28 bits per heavy atom. The minimum Gasteiger partial charge on any atom is -0.486 e. The molecule has 0 saturated heterocycles. The molecular formula is C39H39F6N3O4S. The molecule has 7 nitrogen and oxygen atoms in total. The molecule has 5 rings (SSSR count). The predicted octanol–water partition coefficient (Wildman–Crippen LogP) is 8.41. The zero-order valence-electron chi connectivity index (χ0n) is 29.2. The van der Waals surface area contributed by atoms with Crippen LogP contribution in [0, 0.1) is 5.92 Å². The Balaban J connectivity index is 1.39. The highest BCUT2D eigenvalue weighted by atomic mass is 32.2. The number of alkyl halides is 6. The van der Waals surface area contributed by atoms with Gasteiger partial charge in [-0.05, 0) is 79.7 Å². The number of aliphatic hydroxyl groups is 1. The first kappa shape index (κ1) is 39.7. The molecule has 1 aliphatic rings. The molecule has 53 heavy (non-hydrogen) atoms. The van der Waals surface area contributed by atoms with Crippen molar-refractivity contribution in [2.24, 2.45) is 5.92 Å². The normalized spacial score (nSPS) is 17.1. The molecule has 0 fully saturated rings. The topological polar surface area (TPSA) is 82.1 Å². The van der Waals surface area contributed by atoms with Gasteiger partial charge in [0.05, 0.1) is 41.4 Å². The van der Waals surface area contributed by atoms with Crippen molar-refractivity contribution < 1.29 is 45.8 Å². The SMILES string of the molecule is C[C@@H]1CN([C@@H](C)CO)C(=O)c2cccc(NC(=O)Cc3cc(C(F)(F)F)ccc3C(F)(F)F)c2O[C@@H]1CN(C)Cc1ccc(Sc2ccccc2)cc1. The van der Waals surface area contributed by atoms with Crippen molar-refractivity contribution in [1.82, 2.24) is 9.80 Å². The third-order valence-electron chi connectivity index (χ3n) is 8.90. The molecule has 3 atom stereocenters. The number of likely N-dealkylation sites (N-methyl/N-ethyl adjacent to an activating group) is 1. The summed E-state index contributed by atoms with van der Waals surface area (Å²) >= 11 is 1.65. The van der Waals surface area contributed by atoms with E-state index in [9.17, 15) is 41.0 Å². The Morgan fingerprint density at radius 1 is 0.962 bits per heavy atom. The van der Waals surface area contributed by atoms with Crippen molar-refractivity contribution >= 4 is 29.3 Å². The monoisotopic (exact) mass is 759 g/mol. The summed E-state index contributed by atoms with van der Waals surface area (Å²) in [5.41, 5.74) is -2.51. The Hall–Kier alpha value is -4.53. The molecule has 4 aromatic carbocycles. The van der Waals surface area contributed by atoms with Gasteiger partial charge in [0.2, 0.25) is 5.91 Å². The van der Waals surface area contributed by atoms with Crippen LogP contribution in [-0.4, -0.2) is 65.6 Å². The molecule has 0 bridgehead atoms. The Bertz CT molecular complexity index is 1890. The number of rotatable bonds is 11.